The number of hydrogen-bond donors (Lipinski definition) is 1. The zero-order valence-electron chi connectivity index (χ0n) is 9.36. The number of hydrogen-bond acceptors (Lipinski definition) is 3. The highest BCUT2D eigenvalue weighted by Gasteiger charge is 2.41. The molecule has 1 rings (SSSR count). The predicted octanol–water partition coefficient (Wildman–Crippen LogP) is 1.59. The summed E-state index contributed by atoms with van der Waals surface area (Å²) in [5, 5.41) is 9.83. The lowest BCUT2D eigenvalue weighted by molar-refractivity contribution is -0.182. The molecule has 1 aliphatic rings. The van der Waals surface area contributed by atoms with E-state index in [0.717, 1.165) is 6.42 Å². The fraction of sp³-hybridized carbons (Fsp3) is 0.909. The van der Waals surface area contributed by atoms with Gasteiger partial charge in [-0.2, -0.15) is 0 Å². The first-order chi connectivity index (χ1) is 6.49. The van der Waals surface area contributed by atoms with E-state index in [1.165, 1.54) is 0 Å². The Morgan fingerprint density at radius 3 is 2.57 bits per heavy atom. The van der Waals surface area contributed by atoms with Gasteiger partial charge < -0.3 is 9.84 Å². The van der Waals surface area contributed by atoms with Gasteiger partial charge in [-0.25, -0.2) is 0 Å². The van der Waals surface area contributed by atoms with E-state index < -0.39 is 6.10 Å². The summed E-state index contributed by atoms with van der Waals surface area (Å²) in [7, 11) is 0. The third-order valence-electron chi connectivity index (χ3n) is 3.40. The highest BCUT2D eigenvalue weighted by atomic mass is 16.5. The van der Waals surface area contributed by atoms with Gasteiger partial charge in [0, 0.05) is 5.92 Å². The van der Waals surface area contributed by atoms with Crippen molar-refractivity contribution in [2.24, 2.45) is 17.8 Å². The molecule has 0 spiro atoms. The molecule has 0 aromatic rings. The average molecular weight is 200 g/mol. The van der Waals surface area contributed by atoms with Crippen LogP contribution in [-0.4, -0.2) is 23.3 Å². The van der Waals surface area contributed by atoms with E-state index in [4.69, 9.17) is 4.74 Å². The Hall–Kier alpha value is -0.570. The van der Waals surface area contributed by atoms with Gasteiger partial charge in [-0.05, 0) is 12.8 Å². The van der Waals surface area contributed by atoms with E-state index >= 15 is 0 Å². The van der Waals surface area contributed by atoms with Gasteiger partial charge in [0.15, 0.2) is 0 Å². The van der Waals surface area contributed by atoms with Gasteiger partial charge in [-0.15, -0.1) is 0 Å². The lowest BCUT2D eigenvalue weighted by atomic mass is 9.81. The van der Waals surface area contributed by atoms with Crippen molar-refractivity contribution in [2.45, 2.75) is 46.3 Å². The highest BCUT2D eigenvalue weighted by molar-refractivity contribution is 5.73. The van der Waals surface area contributed by atoms with Gasteiger partial charge in [-0.3, -0.25) is 4.79 Å². The van der Waals surface area contributed by atoms with Gasteiger partial charge >= 0.3 is 5.97 Å². The molecule has 3 nitrogen and oxygen atoms in total. The summed E-state index contributed by atoms with van der Waals surface area (Å²) in [6.45, 7) is 7.79. The van der Waals surface area contributed by atoms with Crippen LogP contribution >= 0.6 is 0 Å². The van der Waals surface area contributed by atoms with Crippen molar-refractivity contribution >= 4 is 5.97 Å². The molecule has 1 N–H and O–H groups in total. The molecule has 0 aromatic heterocycles. The lowest BCUT2D eigenvalue weighted by Crippen LogP contribution is -2.48. The molecule has 5 atom stereocenters. The predicted molar refractivity (Wildman–Crippen MR) is 53.7 cm³/mol. The van der Waals surface area contributed by atoms with Crippen molar-refractivity contribution in [2.75, 3.05) is 0 Å². The van der Waals surface area contributed by atoms with E-state index in [2.05, 4.69) is 13.8 Å². The molecule has 14 heavy (non-hydrogen) atoms. The third kappa shape index (κ3) is 1.92. The largest absolute Gasteiger partial charge is 0.461 e. The quantitative estimate of drug-likeness (QED) is 0.688. The molecule has 0 unspecified atom stereocenters. The van der Waals surface area contributed by atoms with Crippen LogP contribution in [0.3, 0.4) is 0 Å². The van der Waals surface area contributed by atoms with E-state index in [1.807, 2.05) is 6.92 Å². The van der Waals surface area contributed by atoms with Crippen molar-refractivity contribution in [1.29, 1.82) is 0 Å². The van der Waals surface area contributed by atoms with E-state index in [-0.39, 0.29) is 23.9 Å². The Kier molecular flexibility index (Phi) is 3.53. The van der Waals surface area contributed by atoms with Crippen LogP contribution in [0.15, 0.2) is 0 Å². The Balaban J connectivity index is 2.75. The van der Waals surface area contributed by atoms with Crippen LogP contribution in [0.5, 0.6) is 0 Å². The molecule has 0 saturated carbocycles. The molecule has 1 aliphatic heterocycles. The maximum absolute atomic E-state index is 11.4. The van der Waals surface area contributed by atoms with Gasteiger partial charge in [0.25, 0.3) is 0 Å². The number of esters is 1. The smallest absolute Gasteiger partial charge is 0.311 e. The third-order valence-corrected chi connectivity index (χ3v) is 3.40. The molecule has 0 aliphatic carbocycles. The topological polar surface area (TPSA) is 46.5 Å². The summed E-state index contributed by atoms with van der Waals surface area (Å²) in [4.78, 5) is 11.4. The van der Waals surface area contributed by atoms with Crippen molar-refractivity contribution in [3.8, 4) is 0 Å². The summed E-state index contributed by atoms with van der Waals surface area (Å²) >= 11 is 0. The molecular formula is C11H20O3. The zero-order chi connectivity index (χ0) is 10.9. The minimum atomic E-state index is -0.560. The van der Waals surface area contributed by atoms with Crippen LogP contribution in [-0.2, 0) is 9.53 Å². The zero-order valence-corrected chi connectivity index (χ0v) is 9.36. The first-order valence-electron chi connectivity index (χ1n) is 5.37. The maximum Gasteiger partial charge on any atom is 0.311 e. The van der Waals surface area contributed by atoms with Crippen LogP contribution in [0.2, 0.25) is 0 Å². The highest BCUT2D eigenvalue weighted by Crippen LogP contribution is 2.31. The second kappa shape index (κ2) is 4.30. The SMILES string of the molecule is CC[C@H](C)[C@H]1OC(=O)[C@H](C)[C@@H](O)[C@H]1C. The van der Waals surface area contributed by atoms with Crippen LogP contribution in [0.4, 0.5) is 0 Å². The van der Waals surface area contributed by atoms with Crippen molar-refractivity contribution in [3.63, 3.8) is 0 Å². The minimum Gasteiger partial charge on any atom is -0.461 e. The molecule has 1 heterocycles. The molecule has 0 bridgehead atoms. The van der Waals surface area contributed by atoms with Crippen molar-refractivity contribution in [1.82, 2.24) is 0 Å². The molecule has 0 amide bonds. The molecule has 3 heteroatoms. The first kappa shape index (κ1) is 11.5. The average Bonchev–Trinajstić information content (AvgIpc) is 2.19. The summed E-state index contributed by atoms with van der Waals surface area (Å²) in [5.74, 6) is -0.292. The maximum atomic E-state index is 11.4. The standard InChI is InChI=1S/C11H20O3/c1-5-6(2)10-7(3)9(12)8(4)11(13)14-10/h6-10,12H,5H2,1-4H3/t6-,7+,8+,9-,10+/m0/s1. The Labute approximate surface area is 85.5 Å². The van der Waals surface area contributed by atoms with Crippen LogP contribution in [0.25, 0.3) is 0 Å². The second-order valence-electron chi connectivity index (χ2n) is 4.43. The van der Waals surface area contributed by atoms with Gasteiger partial charge in [-0.1, -0.05) is 27.2 Å². The number of aliphatic hydroxyl groups is 1. The van der Waals surface area contributed by atoms with Crippen LogP contribution in [0.1, 0.15) is 34.1 Å². The molecular weight excluding hydrogens is 180 g/mol. The normalized spacial score (nSPS) is 40.5. The monoisotopic (exact) mass is 200 g/mol. The van der Waals surface area contributed by atoms with Gasteiger partial charge in [0.2, 0.25) is 0 Å². The van der Waals surface area contributed by atoms with Crippen LogP contribution < -0.4 is 0 Å². The number of carbonyl (C=O) groups excluding carboxylic acids is 1. The molecule has 82 valence electrons. The van der Waals surface area contributed by atoms with Crippen molar-refractivity contribution in [3.05, 3.63) is 0 Å². The summed E-state index contributed by atoms with van der Waals surface area (Å²) in [6, 6.07) is 0. The number of rotatable bonds is 2. The number of aliphatic hydroxyl groups excluding tert-OH is 1. The summed E-state index contributed by atoms with van der Waals surface area (Å²) in [6.07, 6.45) is 0.276. The second-order valence-corrected chi connectivity index (χ2v) is 4.43. The lowest BCUT2D eigenvalue weighted by Gasteiger charge is -2.38. The fourth-order valence-electron chi connectivity index (χ4n) is 2.00. The van der Waals surface area contributed by atoms with E-state index in [9.17, 15) is 9.90 Å². The van der Waals surface area contributed by atoms with Gasteiger partial charge in [0.1, 0.15) is 6.10 Å². The fourth-order valence-corrected chi connectivity index (χ4v) is 2.00. The van der Waals surface area contributed by atoms with E-state index in [1.54, 1.807) is 6.92 Å². The van der Waals surface area contributed by atoms with Crippen molar-refractivity contribution < 1.29 is 14.6 Å². The number of ether oxygens (including phenoxy) is 1. The molecule has 1 fully saturated rings. The Bertz CT molecular complexity index is 215. The summed E-state index contributed by atoms with van der Waals surface area (Å²) in [5.41, 5.74) is 0. The minimum absolute atomic E-state index is 0.0395. The summed E-state index contributed by atoms with van der Waals surface area (Å²) < 4.78 is 5.34. The van der Waals surface area contributed by atoms with Crippen LogP contribution in [0, 0.1) is 17.8 Å². The van der Waals surface area contributed by atoms with E-state index in [0.29, 0.717) is 5.92 Å². The number of cyclic esters (lactones) is 1. The molecule has 0 aromatic carbocycles. The molecule has 1 saturated heterocycles. The number of carbonyl (C=O) groups is 1. The van der Waals surface area contributed by atoms with Gasteiger partial charge in [0.05, 0.1) is 12.0 Å². The first-order valence-corrected chi connectivity index (χ1v) is 5.37. The molecule has 0 radical (unpaired) electrons. The Morgan fingerprint density at radius 1 is 1.50 bits per heavy atom. The Morgan fingerprint density at radius 2 is 2.07 bits per heavy atom.